The average molecular weight is 274 g/mol. The molecule has 2 heterocycles. The van der Waals surface area contributed by atoms with Crippen LogP contribution in [0.15, 0.2) is 35.3 Å². The molecule has 0 atom stereocenters. The Morgan fingerprint density at radius 3 is 2.75 bits per heavy atom. The molecule has 0 bridgehead atoms. The predicted octanol–water partition coefficient (Wildman–Crippen LogP) is 1.64. The van der Waals surface area contributed by atoms with Gasteiger partial charge in [-0.3, -0.25) is 9.36 Å². The molecular formula is C14H14N2O4. The molecule has 0 spiro atoms. The number of aromatic carboxylic acids is 1. The summed E-state index contributed by atoms with van der Waals surface area (Å²) in [5.74, 6) is -0.863. The van der Waals surface area contributed by atoms with E-state index in [0.717, 1.165) is 0 Å². The fourth-order valence-electron chi connectivity index (χ4n) is 1.94. The highest BCUT2D eigenvalue weighted by Gasteiger charge is 2.21. The van der Waals surface area contributed by atoms with Gasteiger partial charge in [0.2, 0.25) is 0 Å². The van der Waals surface area contributed by atoms with E-state index in [-0.39, 0.29) is 17.9 Å². The standard InChI is InChI=1S/C14H14N2O4/c1-3-20-10-8-9(2)16(11-6-4-5-7-15-11)13(17)12(10)14(18)19/h4-8H,3H2,1-2H3,(H,18,19). The lowest BCUT2D eigenvalue weighted by Gasteiger charge is -2.13. The van der Waals surface area contributed by atoms with Gasteiger partial charge in [-0.15, -0.1) is 0 Å². The molecule has 0 saturated carbocycles. The van der Waals surface area contributed by atoms with Gasteiger partial charge >= 0.3 is 5.97 Å². The summed E-state index contributed by atoms with van der Waals surface area (Å²) in [6.45, 7) is 3.71. The van der Waals surface area contributed by atoms with Crippen molar-refractivity contribution in [2.24, 2.45) is 0 Å². The number of carboxylic acids is 1. The van der Waals surface area contributed by atoms with E-state index in [1.54, 1.807) is 32.0 Å². The maximum Gasteiger partial charge on any atom is 0.345 e. The van der Waals surface area contributed by atoms with Crippen LogP contribution in [0.5, 0.6) is 5.75 Å². The summed E-state index contributed by atoms with van der Waals surface area (Å²) < 4.78 is 6.49. The maximum atomic E-state index is 12.4. The summed E-state index contributed by atoms with van der Waals surface area (Å²) in [5.41, 5.74) is -0.482. The van der Waals surface area contributed by atoms with Crippen LogP contribution < -0.4 is 10.3 Å². The van der Waals surface area contributed by atoms with Gasteiger partial charge in [0.25, 0.3) is 5.56 Å². The molecule has 2 rings (SSSR count). The van der Waals surface area contributed by atoms with E-state index < -0.39 is 11.5 Å². The van der Waals surface area contributed by atoms with Crippen LogP contribution in [0, 0.1) is 6.92 Å². The van der Waals surface area contributed by atoms with E-state index in [1.165, 1.54) is 16.8 Å². The molecule has 1 N–H and O–H groups in total. The van der Waals surface area contributed by atoms with Crippen LogP contribution in [-0.2, 0) is 0 Å². The minimum atomic E-state index is -1.32. The Labute approximate surface area is 115 Å². The third-order valence-corrected chi connectivity index (χ3v) is 2.75. The molecule has 20 heavy (non-hydrogen) atoms. The number of nitrogens with zero attached hydrogens (tertiary/aromatic N) is 2. The van der Waals surface area contributed by atoms with Crippen molar-refractivity contribution in [2.75, 3.05) is 6.61 Å². The third kappa shape index (κ3) is 2.40. The fourth-order valence-corrected chi connectivity index (χ4v) is 1.94. The van der Waals surface area contributed by atoms with Crippen LogP contribution in [0.1, 0.15) is 23.0 Å². The molecule has 6 nitrogen and oxygen atoms in total. The fraction of sp³-hybridized carbons (Fsp3) is 0.214. The van der Waals surface area contributed by atoms with Gasteiger partial charge in [0.05, 0.1) is 6.61 Å². The molecule has 0 aromatic carbocycles. The number of hydrogen-bond donors (Lipinski definition) is 1. The molecule has 6 heteroatoms. The van der Waals surface area contributed by atoms with Crippen molar-refractivity contribution in [3.05, 3.63) is 52.1 Å². The Bertz CT molecular complexity index is 692. The summed E-state index contributed by atoms with van der Waals surface area (Å²) in [4.78, 5) is 27.8. The summed E-state index contributed by atoms with van der Waals surface area (Å²) in [7, 11) is 0. The van der Waals surface area contributed by atoms with Crippen molar-refractivity contribution in [1.29, 1.82) is 0 Å². The highest BCUT2D eigenvalue weighted by molar-refractivity contribution is 5.90. The quantitative estimate of drug-likeness (QED) is 0.916. The molecule has 0 fully saturated rings. The summed E-state index contributed by atoms with van der Waals surface area (Å²) in [6, 6.07) is 6.62. The molecule has 0 aliphatic carbocycles. The highest BCUT2D eigenvalue weighted by Crippen LogP contribution is 2.18. The summed E-state index contributed by atoms with van der Waals surface area (Å²) in [6.07, 6.45) is 1.54. The van der Waals surface area contributed by atoms with Crippen LogP contribution in [0.25, 0.3) is 5.82 Å². The third-order valence-electron chi connectivity index (χ3n) is 2.75. The summed E-state index contributed by atoms with van der Waals surface area (Å²) >= 11 is 0. The van der Waals surface area contributed by atoms with Gasteiger partial charge in [-0.25, -0.2) is 9.78 Å². The molecule has 0 aliphatic rings. The smallest absolute Gasteiger partial charge is 0.345 e. The van der Waals surface area contributed by atoms with Gasteiger partial charge in [-0.1, -0.05) is 6.07 Å². The number of pyridine rings is 2. The monoisotopic (exact) mass is 274 g/mol. The van der Waals surface area contributed by atoms with Gasteiger partial charge in [0.15, 0.2) is 5.56 Å². The Balaban J connectivity index is 2.75. The molecule has 0 amide bonds. The lowest BCUT2D eigenvalue weighted by atomic mass is 10.2. The highest BCUT2D eigenvalue weighted by atomic mass is 16.5. The number of hydrogen-bond acceptors (Lipinski definition) is 4. The predicted molar refractivity (Wildman–Crippen MR) is 72.7 cm³/mol. The van der Waals surface area contributed by atoms with Gasteiger partial charge < -0.3 is 9.84 Å². The number of carbonyl (C=O) groups is 1. The first kappa shape index (κ1) is 13.8. The Kier molecular flexibility index (Phi) is 3.84. The number of rotatable bonds is 4. The Hall–Kier alpha value is -2.63. The molecule has 0 unspecified atom stereocenters. The molecule has 0 aliphatic heterocycles. The van der Waals surface area contributed by atoms with Crippen LogP contribution in [0.4, 0.5) is 0 Å². The van der Waals surface area contributed by atoms with Crippen LogP contribution in [0.2, 0.25) is 0 Å². The Morgan fingerprint density at radius 2 is 2.20 bits per heavy atom. The lowest BCUT2D eigenvalue weighted by molar-refractivity contribution is 0.0690. The molecule has 2 aromatic rings. The number of aryl methyl sites for hydroxylation is 1. The zero-order chi connectivity index (χ0) is 14.7. The minimum absolute atomic E-state index is 0.0784. The lowest BCUT2D eigenvalue weighted by Crippen LogP contribution is -2.28. The van der Waals surface area contributed by atoms with Crippen molar-refractivity contribution in [2.45, 2.75) is 13.8 Å². The first-order valence-corrected chi connectivity index (χ1v) is 6.10. The molecule has 2 aromatic heterocycles. The van der Waals surface area contributed by atoms with Crippen molar-refractivity contribution >= 4 is 5.97 Å². The second-order valence-electron chi connectivity index (χ2n) is 4.09. The summed E-state index contributed by atoms with van der Waals surface area (Å²) in [5, 5.41) is 9.22. The Morgan fingerprint density at radius 1 is 1.45 bits per heavy atom. The van der Waals surface area contributed by atoms with Gasteiger partial charge in [0.1, 0.15) is 11.6 Å². The van der Waals surface area contributed by atoms with Crippen molar-refractivity contribution in [3.63, 3.8) is 0 Å². The van der Waals surface area contributed by atoms with Gasteiger partial charge in [-0.2, -0.15) is 0 Å². The van der Waals surface area contributed by atoms with Crippen LogP contribution >= 0.6 is 0 Å². The van der Waals surface area contributed by atoms with Crippen LogP contribution in [-0.4, -0.2) is 27.2 Å². The van der Waals surface area contributed by atoms with E-state index in [2.05, 4.69) is 4.98 Å². The first-order chi connectivity index (χ1) is 9.56. The molecule has 0 radical (unpaired) electrons. The average Bonchev–Trinajstić information content (AvgIpc) is 2.39. The topological polar surface area (TPSA) is 81.4 Å². The zero-order valence-corrected chi connectivity index (χ0v) is 11.2. The minimum Gasteiger partial charge on any atom is -0.493 e. The molecule has 104 valence electrons. The van der Waals surface area contributed by atoms with E-state index in [0.29, 0.717) is 11.5 Å². The normalized spacial score (nSPS) is 10.3. The van der Waals surface area contributed by atoms with E-state index in [4.69, 9.17) is 4.74 Å². The largest absolute Gasteiger partial charge is 0.493 e. The van der Waals surface area contributed by atoms with Crippen LogP contribution in [0.3, 0.4) is 0 Å². The maximum absolute atomic E-state index is 12.4. The number of ether oxygens (including phenoxy) is 1. The van der Waals surface area contributed by atoms with E-state index in [9.17, 15) is 14.7 Å². The van der Waals surface area contributed by atoms with Crippen molar-refractivity contribution < 1.29 is 14.6 Å². The first-order valence-electron chi connectivity index (χ1n) is 6.10. The molecule has 0 saturated heterocycles. The molecular weight excluding hydrogens is 260 g/mol. The van der Waals surface area contributed by atoms with Gasteiger partial charge in [0, 0.05) is 18.0 Å². The number of aromatic nitrogens is 2. The number of carboxylic acid groups (broad SMARTS) is 1. The SMILES string of the molecule is CCOc1cc(C)n(-c2ccccn2)c(=O)c1C(=O)O. The van der Waals surface area contributed by atoms with Crippen molar-refractivity contribution in [3.8, 4) is 11.6 Å². The second kappa shape index (κ2) is 5.56. The van der Waals surface area contributed by atoms with E-state index in [1.807, 2.05) is 0 Å². The van der Waals surface area contributed by atoms with Crippen molar-refractivity contribution in [1.82, 2.24) is 9.55 Å². The second-order valence-corrected chi connectivity index (χ2v) is 4.09. The van der Waals surface area contributed by atoms with E-state index >= 15 is 0 Å². The zero-order valence-electron chi connectivity index (χ0n) is 11.2. The van der Waals surface area contributed by atoms with Gasteiger partial charge in [-0.05, 0) is 26.0 Å².